The summed E-state index contributed by atoms with van der Waals surface area (Å²) in [6, 6.07) is 8.35. The van der Waals surface area contributed by atoms with Crippen LogP contribution in [-0.4, -0.2) is 16.9 Å². The number of rotatable bonds is 3. The second-order valence-electron chi connectivity index (χ2n) is 3.32. The van der Waals surface area contributed by atoms with Gasteiger partial charge >= 0.3 is 0 Å². The van der Waals surface area contributed by atoms with E-state index in [1.165, 1.54) is 13.8 Å². The van der Waals surface area contributed by atoms with E-state index in [0.29, 0.717) is 10.8 Å². The number of nitrogens with zero attached hydrogens (tertiary/aromatic N) is 1. The van der Waals surface area contributed by atoms with Gasteiger partial charge in [-0.25, -0.2) is 0 Å². The summed E-state index contributed by atoms with van der Waals surface area (Å²) < 4.78 is 0. The summed E-state index contributed by atoms with van der Waals surface area (Å²) in [5.74, 6) is -1.71. The molecule has 1 atom stereocenters. The monoisotopic (exact) mass is 207 g/mol. The van der Waals surface area contributed by atoms with E-state index in [-0.39, 0.29) is 5.78 Å². The van der Waals surface area contributed by atoms with Crippen LogP contribution in [0.15, 0.2) is 30.3 Å². The van der Waals surface area contributed by atoms with Crippen LogP contribution in [0.4, 0.5) is 5.69 Å². The maximum Gasteiger partial charge on any atom is 0.260 e. The largest absolute Gasteiger partial charge is 0.299 e. The van der Waals surface area contributed by atoms with E-state index in [0.717, 1.165) is 0 Å². The van der Waals surface area contributed by atoms with Gasteiger partial charge in [0.25, 0.3) is 5.91 Å². The maximum absolute atomic E-state index is 11.5. The van der Waals surface area contributed by atoms with Crippen molar-refractivity contribution in [3.63, 3.8) is 0 Å². The zero-order chi connectivity index (χ0) is 11.4. The summed E-state index contributed by atoms with van der Waals surface area (Å²) in [7, 11) is 0. The summed E-state index contributed by atoms with van der Waals surface area (Å²) in [5.41, 5.74) is 0.357. The third-order valence-electron chi connectivity index (χ3n) is 2.19. The quantitative estimate of drug-likeness (QED) is 0.465. The van der Waals surface area contributed by atoms with Gasteiger partial charge in [0.1, 0.15) is 5.78 Å². The smallest absolute Gasteiger partial charge is 0.260 e. The average Bonchev–Trinajstić information content (AvgIpc) is 2.27. The molecule has 0 aliphatic heterocycles. The van der Waals surface area contributed by atoms with Gasteiger partial charge in [-0.1, -0.05) is 18.2 Å². The molecule has 0 aliphatic rings. The van der Waals surface area contributed by atoms with E-state index in [2.05, 4.69) is 0 Å². The van der Waals surface area contributed by atoms with E-state index in [1.54, 1.807) is 30.3 Å². The number of Topliss-reactive ketones (excluding diaryl/α,β-unsaturated/α-hetero) is 1. The van der Waals surface area contributed by atoms with Crippen molar-refractivity contribution in [3.05, 3.63) is 30.3 Å². The third-order valence-corrected chi connectivity index (χ3v) is 2.19. The molecule has 0 spiro atoms. The number of para-hydroxylation sites is 1. The van der Waals surface area contributed by atoms with Crippen molar-refractivity contribution in [1.82, 2.24) is 0 Å². The fourth-order valence-electron chi connectivity index (χ4n) is 1.05. The van der Waals surface area contributed by atoms with Crippen molar-refractivity contribution in [1.29, 1.82) is 0 Å². The number of anilines is 1. The summed E-state index contributed by atoms with van der Waals surface area (Å²) in [6.45, 7) is 2.79. The highest BCUT2D eigenvalue weighted by Gasteiger charge is 2.23. The SMILES string of the molecule is CC(=O)C(C)C(=O)N(O)c1ccccc1. The minimum Gasteiger partial charge on any atom is -0.299 e. The van der Waals surface area contributed by atoms with Gasteiger partial charge in [0, 0.05) is 0 Å². The summed E-state index contributed by atoms with van der Waals surface area (Å²) in [4.78, 5) is 22.5. The fraction of sp³-hybridized carbons (Fsp3) is 0.273. The molecule has 0 fully saturated rings. The van der Waals surface area contributed by atoms with Gasteiger partial charge in [-0.15, -0.1) is 0 Å². The first-order valence-corrected chi connectivity index (χ1v) is 4.62. The van der Waals surface area contributed by atoms with Crippen molar-refractivity contribution in [2.45, 2.75) is 13.8 Å². The Kier molecular flexibility index (Phi) is 3.57. The van der Waals surface area contributed by atoms with E-state index >= 15 is 0 Å². The van der Waals surface area contributed by atoms with Gasteiger partial charge in [0.2, 0.25) is 0 Å². The molecule has 1 aromatic rings. The molecule has 0 aliphatic carbocycles. The van der Waals surface area contributed by atoms with Crippen molar-refractivity contribution in [3.8, 4) is 0 Å². The lowest BCUT2D eigenvalue weighted by Crippen LogP contribution is -2.35. The van der Waals surface area contributed by atoms with Crippen LogP contribution >= 0.6 is 0 Å². The topological polar surface area (TPSA) is 57.6 Å². The number of hydrogen-bond acceptors (Lipinski definition) is 3. The molecule has 0 saturated heterocycles. The Morgan fingerprint density at radius 3 is 2.27 bits per heavy atom. The van der Waals surface area contributed by atoms with E-state index < -0.39 is 11.8 Å². The lowest BCUT2D eigenvalue weighted by atomic mass is 10.1. The van der Waals surface area contributed by atoms with Crippen LogP contribution in [0.25, 0.3) is 0 Å². The molecule has 4 nitrogen and oxygen atoms in total. The third kappa shape index (κ3) is 2.63. The molecule has 0 bridgehead atoms. The molecule has 1 amide bonds. The number of hydroxylamine groups is 1. The first kappa shape index (κ1) is 11.4. The second kappa shape index (κ2) is 4.70. The highest BCUT2D eigenvalue weighted by atomic mass is 16.5. The first-order valence-electron chi connectivity index (χ1n) is 4.62. The lowest BCUT2D eigenvalue weighted by Gasteiger charge is -2.17. The Bertz CT molecular complexity index is 361. The molecule has 0 aromatic heterocycles. The number of amides is 1. The first-order chi connectivity index (χ1) is 7.04. The van der Waals surface area contributed by atoms with Crippen LogP contribution in [0.2, 0.25) is 0 Å². The normalized spacial score (nSPS) is 11.9. The van der Waals surface area contributed by atoms with Gasteiger partial charge in [0.05, 0.1) is 11.6 Å². The minimum absolute atomic E-state index is 0.269. The van der Waals surface area contributed by atoms with Crippen LogP contribution in [0, 0.1) is 5.92 Å². The number of carbonyl (C=O) groups is 2. The Hall–Kier alpha value is -1.68. The number of benzene rings is 1. The molecule has 0 saturated carbocycles. The zero-order valence-electron chi connectivity index (χ0n) is 8.68. The summed E-state index contributed by atoms with van der Waals surface area (Å²) >= 11 is 0. The standard InChI is InChI=1S/C11H13NO3/c1-8(9(2)13)11(14)12(15)10-6-4-3-5-7-10/h3-8,15H,1-2H3. The number of carbonyl (C=O) groups excluding carboxylic acids is 2. The van der Waals surface area contributed by atoms with Crippen LogP contribution < -0.4 is 5.06 Å². The molecule has 80 valence electrons. The molecular formula is C11H13NO3. The molecule has 15 heavy (non-hydrogen) atoms. The van der Waals surface area contributed by atoms with Crippen LogP contribution in [0.3, 0.4) is 0 Å². The fourth-order valence-corrected chi connectivity index (χ4v) is 1.05. The van der Waals surface area contributed by atoms with Gasteiger partial charge in [0.15, 0.2) is 0 Å². The molecule has 1 N–H and O–H groups in total. The zero-order valence-corrected chi connectivity index (χ0v) is 8.68. The Morgan fingerprint density at radius 2 is 1.80 bits per heavy atom. The average molecular weight is 207 g/mol. The highest BCUT2D eigenvalue weighted by Crippen LogP contribution is 2.14. The predicted octanol–water partition coefficient (Wildman–Crippen LogP) is 1.63. The van der Waals surface area contributed by atoms with Crippen molar-refractivity contribution < 1.29 is 14.8 Å². The molecule has 0 heterocycles. The van der Waals surface area contributed by atoms with Crippen LogP contribution in [0.5, 0.6) is 0 Å². The van der Waals surface area contributed by atoms with Gasteiger partial charge < -0.3 is 0 Å². The molecule has 1 rings (SSSR count). The van der Waals surface area contributed by atoms with Gasteiger partial charge in [-0.3, -0.25) is 14.8 Å². The van der Waals surface area contributed by atoms with E-state index in [1.807, 2.05) is 0 Å². The molecule has 1 aromatic carbocycles. The second-order valence-corrected chi connectivity index (χ2v) is 3.32. The molecule has 4 heteroatoms. The molecule has 0 radical (unpaired) electrons. The molecule has 1 unspecified atom stereocenters. The minimum atomic E-state index is -0.824. The van der Waals surface area contributed by atoms with Crippen LogP contribution in [0.1, 0.15) is 13.8 Å². The lowest BCUT2D eigenvalue weighted by molar-refractivity contribution is -0.134. The van der Waals surface area contributed by atoms with E-state index in [4.69, 9.17) is 0 Å². The summed E-state index contributed by atoms with van der Waals surface area (Å²) in [5, 5.41) is 10.0. The molecular weight excluding hydrogens is 194 g/mol. The number of hydrogen-bond donors (Lipinski definition) is 1. The Balaban J connectivity index is 2.82. The Morgan fingerprint density at radius 1 is 1.27 bits per heavy atom. The van der Waals surface area contributed by atoms with Gasteiger partial charge in [-0.05, 0) is 26.0 Å². The van der Waals surface area contributed by atoms with Crippen molar-refractivity contribution in [2.75, 3.05) is 5.06 Å². The van der Waals surface area contributed by atoms with Crippen LogP contribution in [-0.2, 0) is 9.59 Å². The van der Waals surface area contributed by atoms with Crippen molar-refractivity contribution >= 4 is 17.4 Å². The highest BCUT2D eigenvalue weighted by molar-refractivity contribution is 6.06. The maximum atomic E-state index is 11.5. The summed E-state index contributed by atoms with van der Waals surface area (Å²) in [6.07, 6.45) is 0. The van der Waals surface area contributed by atoms with E-state index in [9.17, 15) is 14.8 Å². The number of ketones is 1. The van der Waals surface area contributed by atoms with Crippen molar-refractivity contribution in [2.24, 2.45) is 5.92 Å². The Labute approximate surface area is 88.1 Å². The van der Waals surface area contributed by atoms with Gasteiger partial charge in [-0.2, -0.15) is 5.06 Å². The predicted molar refractivity (Wildman–Crippen MR) is 55.6 cm³/mol.